The Morgan fingerprint density at radius 2 is 1.57 bits per heavy atom. The molecule has 162 valence electrons. The van der Waals surface area contributed by atoms with E-state index in [0.29, 0.717) is 41.1 Å². The minimum Gasteiger partial charge on any atom is -0.493 e. The van der Waals surface area contributed by atoms with Gasteiger partial charge < -0.3 is 33.2 Å². The Kier molecular flexibility index (Phi) is 5.32. The Labute approximate surface area is 176 Å². The van der Waals surface area contributed by atoms with E-state index >= 15 is 0 Å². The molecule has 2 aliphatic rings. The average molecular weight is 416 g/mol. The molecule has 0 N–H and O–H groups in total. The van der Waals surface area contributed by atoms with Crippen LogP contribution in [0.4, 0.5) is 0 Å². The number of ether oxygens (including phenoxy) is 7. The maximum Gasteiger partial charge on any atom is 0.231 e. The molecule has 0 aliphatic carbocycles. The van der Waals surface area contributed by atoms with Crippen LogP contribution in [-0.4, -0.2) is 40.5 Å². The molecule has 30 heavy (non-hydrogen) atoms. The minimum atomic E-state index is -0.819. The lowest BCUT2D eigenvalue weighted by molar-refractivity contribution is -0.209. The van der Waals surface area contributed by atoms with E-state index in [-0.39, 0.29) is 18.6 Å². The Morgan fingerprint density at radius 1 is 0.933 bits per heavy atom. The first kappa shape index (κ1) is 20.5. The summed E-state index contributed by atoms with van der Waals surface area (Å²) in [5.74, 6) is 2.96. The fourth-order valence-electron chi connectivity index (χ4n) is 4.35. The van der Waals surface area contributed by atoms with Gasteiger partial charge in [0.1, 0.15) is 5.75 Å². The summed E-state index contributed by atoms with van der Waals surface area (Å²) in [6.07, 6.45) is 0. The van der Waals surface area contributed by atoms with E-state index in [1.54, 1.807) is 21.3 Å². The molecule has 2 heterocycles. The van der Waals surface area contributed by atoms with Crippen molar-refractivity contribution in [3.8, 4) is 34.5 Å². The predicted octanol–water partition coefficient (Wildman–Crippen LogP) is 4.35. The zero-order valence-corrected chi connectivity index (χ0v) is 18.2. The summed E-state index contributed by atoms with van der Waals surface area (Å²) in [5.41, 5.74) is 2.00. The zero-order valence-electron chi connectivity index (χ0n) is 18.2. The summed E-state index contributed by atoms with van der Waals surface area (Å²) in [4.78, 5) is 0. The Bertz CT molecular complexity index is 916. The maximum atomic E-state index is 6.36. The van der Waals surface area contributed by atoms with Gasteiger partial charge in [-0.1, -0.05) is 6.92 Å². The molecule has 0 bridgehead atoms. The Hall–Kier alpha value is -2.80. The molecule has 0 amide bonds. The van der Waals surface area contributed by atoms with Crippen LogP contribution in [0.2, 0.25) is 0 Å². The quantitative estimate of drug-likeness (QED) is 0.693. The smallest absolute Gasteiger partial charge is 0.231 e. The summed E-state index contributed by atoms with van der Waals surface area (Å²) in [7, 11) is 4.83. The molecule has 0 radical (unpaired) electrons. The molecule has 7 heteroatoms. The predicted molar refractivity (Wildman–Crippen MR) is 110 cm³/mol. The van der Waals surface area contributed by atoms with Crippen molar-refractivity contribution >= 4 is 0 Å². The van der Waals surface area contributed by atoms with Crippen LogP contribution in [0, 0.1) is 5.92 Å². The van der Waals surface area contributed by atoms with Gasteiger partial charge in [0.15, 0.2) is 23.0 Å². The molecule has 0 saturated heterocycles. The summed E-state index contributed by atoms with van der Waals surface area (Å²) in [6.45, 7) is 6.79. The van der Waals surface area contributed by atoms with Crippen molar-refractivity contribution in [2.45, 2.75) is 32.5 Å². The fourth-order valence-corrected chi connectivity index (χ4v) is 4.35. The Morgan fingerprint density at radius 3 is 2.13 bits per heavy atom. The van der Waals surface area contributed by atoms with Gasteiger partial charge in [0.2, 0.25) is 18.3 Å². The minimum absolute atomic E-state index is 0.0203. The van der Waals surface area contributed by atoms with Crippen molar-refractivity contribution in [3.05, 3.63) is 35.4 Å². The van der Waals surface area contributed by atoms with E-state index in [4.69, 9.17) is 33.2 Å². The van der Waals surface area contributed by atoms with Crippen LogP contribution in [0.1, 0.15) is 37.8 Å². The number of methoxy groups -OCH3 is 3. The molecule has 2 aliphatic heterocycles. The molecule has 0 saturated carbocycles. The first-order valence-electron chi connectivity index (χ1n) is 10.0. The standard InChI is InChI=1S/C23H28O7/c1-7-29-23(3)13(2)21(14-8-19(24-4)22(26-6)20(9-14)25-5)15-10-17-18(28-12-27-17)11-16(15)30-23/h8-11,13,21H,7,12H2,1-6H3/t13-,21+,23-/m1/s1. The number of rotatable bonds is 6. The molecule has 0 aromatic heterocycles. The van der Waals surface area contributed by atoms with E-state index in [0.717, 1.165) is 11.1 Å². The largest absolute Gasteiger partial charge is 0.493 e. The van der Waals surface area contributed by atoms with Gasteiger partial charge in [-0.25, -0.2) is 0 Å². The fraction of sp³-hybridized carbons (Fsp3) is 0.478. The number of hydrogen-bond acceptors (Lipinski definition) is 7. The third-order valence-electron chi connectivity index (χ3n) is 5.96. The van der Waals surface area contributed by atoms with Gasteiger partial charge in [0.25, 0.3) is 0 Å². The van der Waals surface area contributed by atoms with Crippen molar-refractivity contribution in [1.82, 2.24) is 0 Å². The number of hydrogen-bond donors (Lipinski definition) is 0. The van der Waals surface area contributed by atoms with Gasteiger partial charge in [-0.2, -0.15) is 0 Å². The van der Waals surface area contributed by atoms with E-state index in [1.165, 1.54) is 0 Å². The van der Waals surface area contributed by atoms with Crippen LogP contribution < -0.4 is 28.4 Å². The summed E-state index contributed by atoms with van der Waals surface area (Å²) < 4.78 is 40.3. The molecule has 3 atom stereocenters. The highest BCUT2D eigenvalue weighted by Crippen LogP contribution is 2.54. The topological polar surface area (TPSA) is 64.6 Å². The zero-order chi connectivity index (χ0) is 21.5. The van der Waals surface area contributed by atoms with Gasteiger partial charge in [0, 0.05) is 37.0 Å². The van der Waals surface area contributed by atoms with Crippen molar-refractivity contribution in [1.29, 1.82) is 0 Å². The van der Waals surface area contributed by atoms with Crippen LogP contribution in [0.15, 0.2) is 24.3 Å². The van der Waals surface area contributed by atoms with E-state index in [2.05, 4.69) is 6.92 Å². The average Bonchev–Trinajstić information content (AvgIpc) is 3.19. The highest BCUT2D eigenvalue weighted by atomic mass is 16.7. The third kappa shape index (κ3) is 3.17. The van der Waals surface area contributed by atoms with Crippen LogP contribution in [0.3, 0.4) is 0 Å². The second kappa shape index (κ2) is 7.80. The molecule has 0 unspecified atom stereocenters. The third-order valence-corrected chi connectivity index (χ3v) is 5.96. The maximum absolute atomic E-state index is 6.36. The molecule has 2 aromatic rings. The molecular formula is C23H28O7. The monoisotopic (exact) mass is 416 g/mol. The van der Waals surface area contributed by atoms with Crippen LogP contribution >= 0.6 is 0 Å². The molecule has 2 aromatic carbocycles. The highest BCUT2D eigenvalue weighted by Gasteiger charge is 2.47. The first-order chi connectivity index (χ1) is 14.5. The highest BCUT2D eigenvalue weighted by molar-refractivity contribution is 5.60. The van der Waals surface area contributed by atoms with Crippen molar-refractivity contribution in [2.24, 2.45) is 5.92 Å². The van der Waals surface area contributed by atoms with Gasteiger partial charge >= 0.3 is 0 Å². The van der Waals surface area contributed by atoms with Gasteiger partial charge in [-0.15, -0.1) is 0 Å². The number of fused-ring (bicyclic) bond motifs is 2. The molecular weight excluding hydrogens is 388 g/mol. The van der Waals surface area contributed by atoms with Crippen LogP contribution in [-0.2, 0) is 4.74 Å². The van der Waals surface area contributed by atoms with Gasteiger partial charge in [0.05, 0.1) is 21.3 Å². The second-order valence-electron chi connectivity index (χ2n) is 7.52. The van der Waals surface area contributed by atoms with E-state index < -0.39 is 5.79 Å². The number of benzene rings is 2. The van der Waals surface area contributed by atoms with Crippen molar-refractivity contribution < 1.29 is 33.2 Å². The van der Waals surface area contributed by atoms with Crippen molar-refractivity contribution in [2.75, 3.05) is 34.7 Å². The SMILES string of the molecule is CCO[C@]1(C)Oc2cc3c(cc2[C@H](c2cc(OC)c(OC)c(OC)c2)[C@H]1C)OCO3. The van der Waals surface area contributed by atoms with E-state index in [1.807, 2.05) is 38.1 Å². The lowest BCUT2D eigenvalue weighted by Crippen LogP contribution is -2.48. The lowest BCUT2D eigenvalue weighted by Gasteiger charge is -2.45. The molecule has 0 spiro atoms. The Balaban J connectivity index is 1.92. The lowest BCUT2D eigenvalue weighted by atomic mass is 9.75. The molecule has 4 rings (SSSR count). The van der Waals surface area contributed by atoms with Gasteiger partial charge in [-0.05, 0) is 30.7 Å². The molecule has 0 fully saturated rings. The van der Waals surface area contributed by atoms with E-state index in [9.17, 15) is 0 Å². The first-order valence-corrected chi connectivity index (χ1v) is 10.0. The molecule has 7 nitrogen and oxygen atoms in total. The summed E-state index contributed by atoms with van der Waals surface area (Å²) >= 11 is 0. The van der Waals surface area contributed by atoms with Crippen molar-refractivity contribution in [3.63, 3.8) is 0 Å². The van der Waals surface area contributed by atoms with Gasteiger partial charge in [-0.3, -0.25) is 0 Å². The summed E-state index contributed by atoms with van der Waals surface area (Å²) in [6, 6.07) is 7.84. The summed E-state index contributed by atoms with van der Waals surface area (Å²) in [5, 5.41) is 0. The van der Waals surface area contributed by atoms with Crippen LogP contribution in [0.5, 0.6) is 34.5 Å². The van der Waals surface area contributed by atoms with Crippen LogP contribution in [0.25, 0.3) is 0 Å². The second-order valence-corrected chi connectivity index (χ2v) is 7.52. The normalized spacial score (nSPS) is 24.1.